The number of para-hydroxylation sites is 1. The molecule has 0 unspecified atom stereocenters. The minimum atomic E-state index is -0.312. The number of hydrogen-bond donors (Lipinski definition) is 1. The van der Waals surface area contributed by atoms with Gasteiger partial charge in [0.1, 0.15) is 0 Å². The lowest BCUT2D eigenvalue weighted by Gasteiger charge is -2.00. The lowest BCUT2D eigenvalue weighted by molar-refractivity contribution is 0.0955. The number of hydrogen-bond acceptors (Lipinski definition) is 4. The van der Waals surface area contributed by atoms with E-state index in [4.69, 9.17) is 5.26 Å². The molecule has 0 bridgehead atoms. The maximum atomic E-state index is 11.9. The van der Waals surface area contributed by atoms with Gasteiger partial charge in [0.15, 0.2) is 0 Å². The molecule has 2 heterocycles. The summed E-state index contributed by atoms with van der Waals surface area (Å²) in [5, 5.41) is 13.8. The van der Waals surface area contributed by atoms with Crippen LogP contribution in [0, 0.1) is 11.3 Å². The molecule has 0 saturated heterocycles. The van der Waals surface area contributed by atoms with Gasteiger partial charge in [-0.3, -0.25) is 9.78 Å². The quantitative estimate of drug-likeness (QED) is 0.580. The van der Waals surface area contributed by atoms with Crippen molar-refractivity contribution >= 4 is 23.0 Å². The number of carbonyl (C=O) groups excluding carboxylic acids is 1. The highest BCUT2D eigenvalue weighted by Gasteiger charge is 2.07. The van der Waals surface area contributed by atoms with Gasteiger partial charge in [0.05, 0.1) is 24.3 Å². The molecule has 0 aliphatic heterocycles. The standard InChI is InChI=1S/C18H15N5O/c19-8-4-10-23-13-15(16-6-1-2-7-17(16)23)12-21-22-18(24)14-5-3-9-20-11-14/h1-3,5-7,9,11-13H,4,10H2,(H,22,24)/b21-12-. The van der Waals surface area contributed by atoms with Gasteiger partial charge in [-0.05, 0) is 18.2 Å². The maximum absolute atomic E-state index is 11.9. The van der Waals surface area contributed by atoms with Gasteiger partial charge in [0.2, 0.25) is 0 Å². The van der Waals surface area contributed by atoms with Gasteiger partial charge in [0, 0.05) is 41.6 Å². The number of fused-ring (bicyclic) bond motifs is 1. The number of carbonyl (C=O) groups is 1. The fraction of sp³-hybridized carbons (Fsp3) is 0.111. The molecule has 0 aliphatic carbocycles. The van der Waals surface area contributed by atoms with Crippen molar-refractivity contribution < 1.29 is 4.79 Å². The maximum Gasteiger partial charge on any atom is 0.272 e. The summed E-state index contributed by atoms with van der Waals surface area (Å²) in [5.41, 5.74) is 4.86. The third kappa shape index (κ3) is 3.31. The number of benzene rings is 1. The van der Waals surface area contributed by atoms with Crippen molar-refractivity contribution in [2.24, 2.45) is 5.10 Å². The summed E-state index contributed by atoms with van der Waals surface area (Å²) in [7, 11) is 0. The van der Waals surface area contributed by atoms with Gasteiger partial charge in [-0.1, -0.05) is 18.2 Å². The van der Waals surface area contributed by atoms with E-state index in [-0.39, 0.29) is 5.91 Å². The minimum absolute atomic E-state index is 0.312. The monoisotopic (exact) mass is 317 g/mol. The Morgan fingerprint density at radius 2 is 2.21 bits per heavy atom. The zero-order chi connectivity index (χ0) is 16.8. The molecule has 0 atom stereocenters. The third-order valence-corrected chi connectivity index (χ3v) is 3.58. The van der Waals surface area contributed by atoms with Crippen LogP contribution >= 0.6 is 0 Å². The van der Waals surface area contributed by atoms with Crippen LogP contribution in [0.4, 0.5) is 0 Å². The van der Waals surface area contributed by atoms with E-state index >= 15 is 0 Å². The topological polar surface area (TPSA) is 83.1 Å². The largest absolute Gasteiger partial charge is 0.346 e. The van der Waals surface area contributed by atoms with Crippen molar-refractivity contribution in [1.29, 1.82) is 5.26 Å². The molecule has 6 heteroatoms. The van der Waals surface area contributed by atoms with Gasteiger partial charge in [-0.25, -0.2) is 5.43 Å². The first kappa shape index (κ1) is 15.4. The predicted molar refractivity (Wildman–Crippen MR) is 91.5 cm³/mol. The number of nitrogens with one attached hydrogen (secondary N) is 1. The summed E-state index contributed by atoms with van der Waals surface area (Å²) in [6.07, 6.45) is 7.07. The number of rotatable bonds is 5. The normalized spacial score (nSPS) is 10.8. The summed E-state index contributed by atoms with van der Waals surface area (Å²) >= 11 is 0. The van der Waals surface area contributed by atoms with Crippen molar-refractivity contribution in [2.45, 2.75) is 13.0 Å². The van der Waals surface area contributed by atoms with Crippen LogP contribution in [-0.2, 0) is 6.54 Å². The second-order valence-corrected chi connectivity index (χ2v) is 5.14. The van der Waals surface area contributed by atoms with Crippen LogP contribution in [0.25, 0.3) is 10.9 Å². The van der Waals surface area contributed by atoms with E-state index in [9.17, 15) is 4.79 Å². The number of aromatic nitrogens is 2. The van der Waals surface area contributed by atoms with E-state index in [1.54, 1.807) is 24.5 Å². The third-order valence-electron chi connectivity index (χ3n) is 3.58. The molecule has 1 amide bonds. The van der Waals surface area contributed by atoms with Crippen LogP contribution in [0.3, 0.4) is 0 Å². The second-order valence-electron chi connectivity index (χ2n) is 5.14. The molecule has 24 heavy (non-hydrogen) atoms. The molecule has 0 saturated carbocycles. The molecule has 1 aromatic carbocycles. The zero-order valence-corrected chi connectivity index (χ0v) is 12.9. The molecule has 1 N–H and O–H groups in total. The number of hydrazone groups is 1. The lowest BCUT2D eigenvalue weighted by atomic mass is 10.2. The number of pyridine rings is 1. The van der Waals surface area contributed by atoms with Crippen molar-refractivity contribution in [1.82, 2.24) is 15.0 Å². The SMILES string of the molecule is N#CCCn1cc(/C=N\NC(=O)c2cccnc2)c2ccccc21. The first-order chi connectivity index (χ1) is 11.8. The van der Waals surface area contributed by atoms with Crippen LogP contribution in [0.2, 0.25) is 0 Å². The highest BCUT2D eigenvalue weighted by Crippen LogP contribution is 2.20. The molecular weight excluding hydrogens is 302 g/mol. The van der Waals surface area contributed by atoms with Gasteiger partial charge in [-0.2, -0.15) is 10.4 Å². The van der Waals surface area contributed by atoms with E-state index in [1.807, 2.05) is 35.0 Å². The van der Waals surface area contributed by atoms with E-state index in [2.05, 4.69) is 21.6 Å². The predicted octanol–water partition coefficient (Wildman–Crippen LogP) is 2.71. The smallest absolute Gasteiger partial charge is 0.272 e. The highest BCUT2D eigenvalue weighted by molar-refractivity contribution is 6.00. The van der Waals surface area contributed by atoms with Crippen molar-refractivity contribution in [3.05, 3.63) is 66.1 Å². The second kappa shape index (κ2) is 7.20. The van der Waals surface area contributed by atoms with Crippen molar-refractivity contribution in [3.8, 4) is 6.07 Å². The van der Waals surface area contributed by atoms with Gasteiger partial charge in [-0.15, -0.1) is 0 Å². The van der Waals surface area contributed by atoms with Crippen LogP contribution in [0.5, 0.6) is 0 Å². The molecule has 3 aromatic rings. The van der Waals surface area contributed by atoms with E-state index in [1.165, 1.54) is 6.20 Å². The fourth-order valence-electron chi connectivity index (χ4n) is 2.46. The highest BCUT2D eigenvalue weighted by atomic mass is 16.2. The Labute approximate surface area is 139 Å². The Bertz CT molecular complexity index is 921. The molecule has 0 fully saturated rings. The minimum Gasteiger partial charge on any atom is -0.346 e. The summed E-state index contributed by atoms with van der Waals surface area (Å²) in [5.74, 6) is -0.312. The molecule has 2 aromatic heterocycles. The Morgan fingerprint density at radius 1 is 1.33 bits per heavy atom. The first-order valence-electron chi connectivity index (χ1n) is 7.48. The zero-order valence-electron chi connectivity index (χ0n) is 12.9. The first-order valence-corrected chi connectivity index (χ1v) is 7.48. The Balaban J connectivity index is 1.80. The molecule has 0 spiro atoms. The number of nitriles is 1. The lowest BCUT2D eigenvalue weighted by Crippen LogP contribution is -2.17. The average molecular weight is 317 g/mol. The van der Waals surface area contributed by atoms with Crippen LogP contribution < -0.4 is 5.43 Å². The summed E-state index contributed by atoms with van der Waals surface area (Å²) in [6.45, 7) is 0.618. The van der Waals surface area contributed by atoms with Crippen LogP contribution in [0.1, 0.15) is 22.3 Å². The van der Waals surface area contributed by atoms with Crippen LogP contribution in [0.15, 0.2) is 60.1 Å². The van der Waals surface area contributed by atoms with E-state index in [0.717, 1.165) is 16.5 Å². The van der Waals surface area contributed by atoms with Crippen molar-refractivity contribution in [3.63, 3.8) is 0 Å². The number of amides is 1. The summed E-state index contributed by atoms with van der Waals surface area (Å²) < 4.78 is 2.02. The molecule has 0 radical (unpaired) electrons. The Hall–Kier alpha value is -3.46. The molecule has 118 valence electrons. The fourth-order valence-corrected chi connectivity index (χ4v) is 2.46. The van der Waals surface area contributed by atoms with Crippen LogP contribution in [-0.4, -0.2) is 21.7 Å². The molecular formula is C18H15N5O. The van der Waals surface area contributed by atoms with E-state index in [0.29, 0.717) is 18.5 Å². The van der Waals surface area contributed by atoms with Gasteiger partial charge in [0.25, 0.3) is 5.91 Å². The van der Waals surface area contributed by atoms with Gasteiger partial charge >= 0.3 is 0 Å². The number of aryl methyl sites for hydroxylation is 1. The molecule has 6 nitrogen and oxygen atoms in total. The average Bonchev–Trinajstić information content (AvgIpc) is 2.99. The summed E-state index contributed by atoms with van der Waals surface area (Å²) in [6, 6.07) is 13.4. The molecule has 0 aliphatic rings. The Morgan fingerprint density at radius 3 is 3.00 bits per heavy atom. The number of nitrogens with zero attached hydrogens (tertiary/aromatic N) is 4. The summed E-state index contributed by atoms with van der Waals surface area (Å²) in [4.78, 5) is 15.8. The Kier molecular flexibility index (Phi) is 4.63. The van der Waals surface area contributed by atoms with Crippen molar-refractivity contribution in [2.75, 3.05) is 0 Å². The van der Waals surface area contributed by atoms with E-state index < -0.39 is 0 Å². The van der Waals surface area contributed by atoms with Gasteiger partial charge < -0.3 is 4.57 Å². The molecule has 3 rings (SSSR count).